The first-order valence-electron chi connectivity index (χ1n) is 10.1. The quantitative estimate of drug-likeness (QED) is 0.318. The fourth-order valence-electron chi connectivity index (χ4n) is 3.67. The van der Waals surface area contributed by atoms with Gasteiger partial charge in [0.2, 0.25) is 10.0 Å². The molecule has 29 heavy (non-hydrogen) atoms. The lowest BCUT2D eigenvalue weighted by Crippen LogP contribution is -2.47. The lowest BCUT2D eigenvalue weighted by molar-refractivity contribution is 0.0992. The van der Waals surface area contributed by atoms with Gasteiger partial charge in [0.1, 0.15) is 0 Å². The highest BCUT2D eigenvalue weighted by Gasteiger charge is 2.41. The topological polar surface area (TPSA) is 83.0 Å². The van der Waals surface area contributed by atoms with Gasteiger partial charge in [0.25, 0.3) is 0 Å². The largest absolute Gasteiger partial charge is 0.373 e. The van der Waals surface area contributed by atoms with Crippen LogP contribution in [0.15, 0.2) is 34.2 Å². The van der Waals surface area contributed by atoms with Crippen LogP contribution in [0.25, 0.3) is 0 Å². The van der Waals surface area contributed by atoms with Crippen LogP contribution in [0.3, 0.4) is 0 Å². The first-order valence-corrected chi connectivity index (χ1v) is 11.5. The van der Waals surface area contributed by atoms with Crippen molar-refractivity contribution >= 4 is 40.0 Å². The summed E-state index contributed by atoms with van der Waals surface area (Å²) in [6.45, 7) is 7.02. The molecule has 7 nitrogen and oxygen atoms in total. The fourth-order valence-corrected chi connectivity index (χ4v) is 5.03. The Morgan fingerprint density at radius 2 is 1.97 bits per heavy atom. The molecule has 1 aromatic rings. The normalized spacial score (nSPS) is 24.1. The highest BCUT2D eigenvalue weighted by molar-refractivity contribution is 14.0. The van der Waals surface area contributed by atoms with E-state index >= 15 is 0 Å². The molecule has 2 aliphatic heterocycles. The molecule has 3 atom stereocenters. The van der Waals surface area contributed by atoms with Gasteiger partial charge in [-0.05, 0) is 57.7 Å². The number of aliphatic imine (C=N–C) groups is 1. The average molecular weight is 536 g/mol. The Morgan fingerprint density at radius 3 is 2.48 bits per heavy atom. The van der Waals surface area contributed by atoms with E-state index in [0.717, 1.165) is 37.3 Å². The van der Waals surface area contributed by atoms with Crippen molar-refractivity contribution in [2.45, 2.75) is 75.8 Å². The second kappa shape index (κ2) is 10.4. The number of benzene rings is 1. The van der Waals surface area contributed by atoms with Gasteiger partial charge in [0.15, 0.2) is 5.96 Å². The fraction of sp³-hybridized carbons (Fsp3) is 0.650. The first-order chi connectivity index (χ1) is 13.3. The number of sulfonamides is 1. The predicted octanol–water partition coefficient (Wildman–Crippen LogP) is 2.71. The van der Waals surface area contributed by atoms with E-state index in [2.05, 4.69) is 15.6 Å². The second-order valence-corrected chi connectivity index (χ2v) is 9.81. The standard InChI is InChI=1S/C20H32N4O3S.HI/c1-5-21-20(23-18-12-16-8-11-19(18)27-16)22-13-15-6-9-17(10-7-15)28(25,26)24(4)14(2)3;/h6-7,9-10,14,16,18-19H,5,8,11-13H2,1-4H3,(H2,21,22,23);1H. The summed E-state index contributed by atoms with van der Waals surface area (Å²) in [5.41, 5.74) is 0.965. The van der Waals surface area contributed by atoms with Gasteiger partial charge in [-0.3, -0.25) is 0 Å². The minimum Gasteiger partial charge on any atom is -0.373 e. The molecule has 0 amide bonds. The number of nitrogens with zero attached hydrogens (tertiary/aromatic N) is 2. The molecule has 3 unspecified atom stereocenters. The van der Waals surface area contributed by atoms with Crippen LogP contribution >= 0.6 is 24.0 Å². The Balaban J connectivity index is 0.00000300. The Hall–Kier alpha value is -0.910. The van der Waals surface area contributed by atoms with Crippen molar-refractivity contribution in [2.75, 3.05) is 13.6 Å². The van der Waals surface area contributed by atoms with Crippen molar-refractivity contribution in [3.8, 4) is 0 Å². The minimum atomic E-state index is -3.46. The number of fused-ring (bicyclic) bond motifs is 2. The molecule has 2 bridgehead atoms. The maximum absolute atomic E-state index is 12.6. The van der Waals surface area contributed by atoms with E-state index in [9.17, 15) is 8.42 Å². The van der Waals surface area contributed by atoms with Gasteiger partial charge in [-0.15, -0.1) is 24.0 Å². The van der Waals surface area contributed by atoms with Crippen LogP contribution in [-0.2, 0) is 21.3 Å². The van der Waals surface area contributed by atoms with E-state index in [0.29, 0.717) is 23.6 Å². The third kappa shape index (κ3) is 5.83. The molecule has 0 aromatic heterocycles. The third-order valence-electron chi connectivity index (χ3n) is 5.52. The zero-order valence-corrected chi connectivity index (χ0v) is 20.7. The van der Waals surface area contributed by atoms with E-state index in [1.54, 1.807) is 19.2 Å². The Bertz CT molecular complexity index is 798. The zero-order valence-electron chi connectivity index (χ0n) is 17.6. The molecule has 2 aliphatic rings. The van der Waals surface area contributed by atoms with Gasteiger partial charge < -0.3 is 15.4 Å². The Labute approximate surface area is 191 Å². The van der Waals surface area contributed by atoms with Crippen LogP contribution in [0, 0.1) is 0 Å². The SMILES string of the molecule is CCNC(=NCc1ccc(S(=O)(=O)N(C)C(C)C)cc1)NC1CC2CCC1O2.I. The van der Waals surface area contributed by atoms with Gasteiger partial charge in [0.05, 0.1) is 29.7 Å². The number of halogens is 1. The number of rotatable bonds is 7. The molecule has 0 aliphatic carbocycles. The number of nitrogens with one attached hydrogen (secondary N) is 2. The summed E-state index contributed by atoms with van der Waals surface area (Å²) in [4.78, 5) is 4.97. The van der Waals surface area contributed by atoms with Crippen LogP contribution in [0.5, 0.6) is 0 Å². The summed E-state index contributed by atoms with van der Waals surface area (Å²) in [5, 5.41) is 6.78. The zero-order chi connectivity index (χ0) is 20.3. The highest BCUT2D eigenvalue weighted by Crippen LogP contribution is 2.34. The summed E-state index contributed by atoms with van der Waals surface area (Å²) in [6.07, 6.45) is 3.99. The summed E-state index contributed by atoms with van der Waals surface area (Å²) >= 11 is 0. The molecule has 2 heterocycles. The summed E-state index contributed by atoms with van der Waals surface area (Å²) in [5.74, 6) is 0.778. The van der Waals surface area contributed by atoms with Crippen molar-refractivity contribution < 1.29 is 13.2 Å². The van der Waals surface area contributed by atoms with Crippen molar-refractivity contribution in [3.05, 3.63) is 29.8 Å². The Kier molecular flexibility index (Phi) is 8.74. The number of hydrogen-bond donors (Lipinski definition) is 2. The van der Waals surface area contributed by atoms with Crippen LogP contribution in [0.4, 0.5) is 0 Å². The molecule has 1 aromatic carbocycles. The van der Waals surface area contributed by atoms with Crippen LogP contribution < -0.4 is 10.6 Å². The predicted molar refractivity (Wildman–Crippen MR) is 126 cm³/mol. The lowest BCUT2D eigenvalue weighted by atomic mass is 9.96. The smallest absolute Gasteiger partial charge is 0.243 e. The minimum absolute atomic E-state index is 0. The molecule has 2 fully saturated rings. The molecule has 164 valence electrons. The maximum atomic E-state index is 12.6. The average Bonchev–Trinajstić information content (AvgIpc) is 3.29. The van der Waals surface area contributed by atoms with Gasteiger partial charge >= 0.3 is 0 Å². The summed E-state index contributed by atoms with van der Waals surface area (Å²) in [6, 6.07) is 7.20. The molecule has 9 heteroatoms. The molecule has 2 N–H and O–H groups in total. The van der Waals surface area contributed by atoms with Crippen molar-refractivity contribution in [2.24, 2.45) is 4.99 Å². The molecule has 2 saturated heterocycles. The van der Waals surface area contributed by atoms with E-state index in [-0.39, 0.29) is 36.1 Å². The van der Waals surface area contributed by atoms with Gasteiger partial charge in [-0.25, -0.2) is 13.4 Å². The summed E-state index contributed by atoms with van der Waals surface area (Å²) in [7, 11) is -1.85. The Morgan fingerprint density at radius 1 is 1.28 bits per heavy atom. The molecular weight excluding hydrogens is 503 g/mol. The molecular formula is C20H33IN4O3S. The number of ether oxygens (including phenoxy) is 1. The van der Waals surface area contributed by atoms with E-state index in [1.807, 2.05) is 32.9 Å². The van der Waals surface area contributed by atoms with Gasteiger partial charge in [0, 0.05) is 19.6 Å². The second-order valence-electron chi connectivity index (χ2n) is 7.81. The van der Waals surface area contributed by atoms with E-state index < -0.39 is 10.0 Å². The molecule has 0 radical (unpaired) electrons. The van der Waals surface area contributed by atoms with Crippen molar-refractivity contribution in [1.82, 2.24) is 14.9 Å². The van der Waals surface area contributed by atoms with E-state index in [1.165, 1.54) is 4.31 Å². The molecule has 3 rings (SSSR count). The van der Waals surface area contributed by atoms with E-state index in [4.69, 9.17) is 4.74 Å². The van der Waals surface area contributed by atoms with Gasteiger partial charge in [-0.1, -0.05) is 12.1 Å². The monoisotopic (exact) mass is 536 g/mol. The number of guanidine groups is 1. The lowest BCUT2D eigenvalue weighted by Gasteiger charge is -2.22. The maximum Gasteiger partial charge on any atom is 0.243 e. The van der Waals surface area contributed by atoms with Crippen molar-refractivity contribution in [3.63, 3.8) is 0 Å². The highest BCUT2D eigenvalue weighted by atomic mass is 127. The third-order valence-corrected chi connectivity index (χ3v) is 7.57. The molecule has 0 spiro atoms. The van der Waals surface area contributed by atoms with Crippen LogP contribution in [0.2, 0.25) is 0 Å². The summed E-state index contributed by atoms with van der Waals surface area (Å²) < 4.78 is 32.4. The van der Waals surface area contributed by atoms with Crippen LogP contribution in [0.1, 0.15) is 45.6 Å². The van der Waals surface area contributed by atoms with Crippen LogP contribution in [-0.4, -0.2) is 56.6 Å². The first kappa shape index (κ1) is 24.4. The number of hydrogen-bond acceptors (Lipinski definition) is 4. The van der Waals surface area contributed by atoms with Crippen molar-refractivity contribution in [1.29, 1.82) is 0 Å². The van der Waals surface area contributed by atoms with Gasteiger partial charge in [-0.2, -0.15) is 4.31 Å². The molecule has 0 saturated carbocycles.